The maximum Gasteiger partial charge on any atom is 0.207 e. The molecule has 5 nitrogen and oxygen atoms in total. The van der Waals surface area contributed by atoms with E-state index < -0.39 is 5.78 Å². The zero-order valence-corrected chi connectivity index (χ0v) is 13.5. The fourth-order valence-electron chi connectivity index (χ4n) is 2.16. The topological polar surface area (TPSA) is 65.0 Å². The van der Waals surface area contributed by atoms with Crippen molar-refractivity contribution < 1.29 is 28.5 Å². The molecule has 0 aliphatic rings. The molecule has 0 radical (unpaired) electrons. The molecule has 0 aliphatic heterocycles. The molecule has 126 valence electrons. The minimum atomic E-state index is -0.462. The van der Waals surface area contributed by atoms with Gasteiger partial charge in [-0.05, 0) is 29.8 Å². The molecule has 2 aromatic rings. The van der Waals surface area contributed by atoms with Gasteiger partial charge in [-0.3, -0.25) is 4.79 Å². The predicted octanol–water partition coefficient (Wildman–Crippen LogP) is 3.45. The highest BCUT2D eigenvalue weighted by Gasteiger charge is 2.22. The van der Waals surface area contributed by atoms with Gasteiger partial charge in [0, 0.05) is 0 Å². The summed E-state index contributed by atoms with van der Waals surface area (Å²) in [5.74, 6) is -0.710. The molecular formula is C18H17FO5. The number of carbonyl (C=O) groups is 1. The highest BCUT2D eigenvalue weighted by molar-refractivity contribution is 6.09. The van der Waals surface area contributed by atoms with Crippen LogP contribution in [-0.4, -0.2) is 32.2 Å². The number of methoxy groups -OCH3 is 3. The van der Waals surface area contributed by atoms with E-state index in [9.17, 15) is 14.3 Å². The van der Waals surface area contributed by atoms with Crippen molar-refractivity contribution >= 4 is 11.9 Å². The fourth-order valence-corrected chi connectivity index (χ4v) is 2.16. The molecule has 2 aromatic carbocycles. The van der Waals surface area contributed by atoms with Crippen molar-refractivity contribution in [2.75, 3.05) is 21.3 Å². The van der Waals surface area contributed by atoms with E-state index in [1.54, 1.807) is 0 Å². The highest BCUT2D eigenvalue weighted by atomic mass is 19.1. The zero-order valence-electron chi connectivity index (χ0n) is 13.5. The number of benzene rings is 2. The maximum atomic E-state index is 12.9. The number of ketones is 1. The van der Waals surface area contributed by atoms with Crippen molar-refractivity contribution in [2.45, 2.75) is 0 Å². The summed E-state index contributed by atoms with van der Waals surface area (Å²) in [5.41, 5.74) is 0.652. The fraction of sp³-hybridized carbons (Fsp3) is 0.167. The molecule has 0 amide bonds. The van der Waals surface area contributed by atoms with Crippen LogP contribution in [-0.2, 0) is 0 Å². The average Bonchev–Trinajstić information content (AvgIpc) is 2.60. The molecule has 1 N–H and O–H groups in total. The van der Waals surface area contributed by atoms with Gasteiger partial charge in [-0.15, -0.1) is 0 Å². The van der Waals surface area contributed by atoms with Crippen molar-refractivity contribution in [1.29, 1.82) is 0 Å². The van der Waals surface area contributed by atoms with Crippen molar-refractivity contribution in [1.82, 2.24) is 0 Å². The summed E-state index contributed by atoms with van der Waals surface area (Å²) < 4.78 is 28.3. The Bertz CT molecular complexity index is 766. The lowest BCUT2D eigenvalue weighted by molar-refractivity contribution is 0.104. The minimum absolute atomic E-state index is 0.00265. The molecule has 0 aliphatic carbocycles. The Kier molecular flexibility index (Phi) is 5.42. The summed E-state index contributed by atoms with van der Waals surface area (Å²) in [7, 11) is 4.16. The second-order valence-electron chi connectivity index (χ2n) is 4.79. The number of allylic oxidation sites excluding steroid dienone is 1. The van der Waals surface area contributed by atoms with E-state index in [1.807, 2.05) is 0 Å². The number of halogens is 1. The number of aromatic hydroxyl groups is 1. The monoisotopic (exact) mass is 332 g/mol. The van der Waals surface area contributed by atoms with Crippen LogP contribution in [0.5, 0.6) is 23.0 Å². The van der Waals surface area contributed by atoms with Gasteiger partial charge in [0.05, 0.1) is 26.9 Å². The molecule has 0 aromatic heterocycles. The van der Waals surface area contributed by atoms with Crippen molar-refractivity contribution in [3.05, 3.63) is 53.4 Å². The standard InChI is InChI=1S/C18H17FO5/c1-22-15-10-13(16(21)18(24-3)17(15)23-2)14(20)9-6-11-4-7-12(19)8-5-11/h4-10,21H,1-3H3/b9-6+. The Labute approximate surface area is 138 Å². The van der Waals surface area contributed by atoms with E-state index in [1.165, 1.54) is 63.8 Å². The van der Waals surface area contributed by atoms with Gasteiger partial charge >= 0.3 is 0 Å². The third-order valence-corrected chi connectivity index (χ3v) is 3.37. The molecule has 24 heavy (non-hydrogen) atoms. The van der Waals surface area contributed by atoms with Crippen molar-refractivity contribution in [3.63, 3.8) is 0 Å². The first-order chi connectivity index (χ1) is 11.5. The van der Waals surface area contributed by atoms with Gasteiger partial charge < -0.3 is 19.3 Å². The van der Waals surface area contributed by atoms with Gasteiger partial charge in [-0.1, -0.05) is 18.2 Å². The first-order valence-corrected chi connectivity index (χ1v) is 7.01. The minimum Gasteiger partial charge on any atom is -0.504 e. The molecule has 0 spiro atoms. The number of carbonyl (C=O) groups excluding carboxylic acids is 1. The zero-order chi connectivity index (χ0) is 17.7. The van der Waals surface area contributed by atoms with Crippen LogP contribution in [0.4, 0.5) is 4.39 Å². The van der Waals surface area contributed by atoms with Crippen molar-refractivity contribution in [3.8, 4) is 23.0 Å². The summed E-state index contributed by atoms with van der Waals surface area (Å²) in [5, 5.41) is 10.3. The van der Waals surface area contributed by atoms with Crippen LogP contribution in [0, 0.1) is 5.82 Å². The van der Waals surface area contributed by atoms with E-state index in [0.717, 1.165) is 0 Å². The molecule has 0 saturated carbocycles. The number of hydrogen-bond donors (Lipinski definition) is 1. The second kappa shape index (κ2) is 7.50. The van der Waals surface area contributed by atoms with Gasteiger partial charge in [0.1, 0.15) is 5.82 Å². The van der Waals surface area contributed by atoms with E-state index in [-0.39, 0.29) is 34.4 Å². The van der Waals surface area contributed by atoms with E-state index in [2.05, 4.69) is 0 Å². The number of phenolic OH excluding ortho intramolecular Hbond substituents is 1. The number of hydrogen-bond acceptors (Lipinski definition) is 5. The largest absolute Gasteiger partial charge is 0.504 e. The van der Waals surface area contributed by atoms with Crippen LogP contribution in [0.1, 0.15) is 15.9 Å². The molecule has 0 atom stereocenters. The van der Waals surface area contributed by atoms with Crippen molar-refractivity contribution in [2.24, 2.45) is 0 Å². The average molecular weight is 332 g/mol. The molecule has 0 heterocycles. The Morgan fingerprint density at radius 1 is 1.04 bits per heavy atom. The molecule has 0 saturated heterocycles. The Balaban J connectivity index is 2.40. The van der Waals surface area contributed by atoms with E-state index in [0.29, 0.717) is 5.56 Å². The summed E-state index contributed by atoms with van der Waals surface area (Å²) >= 11 is 0. The van der Waals surface area contributed by atoms with Gasteiger partial charge in [0.25, 0.3) is 0 Å². The summed E-state index contributed by atoms with van der Waals surface area (Å²) in [6, 6.07) is 7.03. The first-order valence-electron chi connectivity index (χ1n) is 7.01. The van der Waals surface area contributed by atoms with Gasteiger partial charge in [-0.2, -0.15) is 0 Å². The quantitative estimate of drug-likeness (QED) is 0.648. The summed E-state index contributed by atoms with van der Waals surface area (Å²) in [6.45, 7) is 0. The van der Waals surface area contributed by atoms with Crippen LogP contribution < -0.4 is 14.2 Å². The second-order valence-corrected chi connectivity index (χ2v) is 4.79. The van der Waals surface area contributed by atoms with E-state index >= 15 is 0 Å². The van der Waals surface area contributed by atoms with E-state index in [4.69, 9.17) is 14.2 Å². The Morgan fingerprint density at radius 2 is 1.67 bits per heavy atom. The lowest BCUT2D eigenvalue weighted by Crippen LogP contribution is -2.01. The molecule has 0 unspecified atom stereocenters. The maximum absolute atomic E-state index is 12.9. The molecule has 2 rings (SSSR count). The van der Waals surface area contributed by atoms with Crippen LogP contribution in [0.3, 0.4) is 0 Å². The molecule has 0 fully saturated rings. The number of phenols is 1. The highest BCUT2D eigenvalue weighted by Crippen LogP contribution is 2.46. The van der Waals surface area contributed by atoms with Gasteiger partial charge in [0.2, 0.25) is 11.5 Å². The first kappa shape index (κ1) is 17.3. The van der Waals surface area contributed by atoms with Gasteiger partial charge in [0.15, 0.2) is 17.3 Å². The van der Waals surface area contributed by atoms with Gasteiger partial charge in [-0.25, -0.2) is 4.39 Å². The Hall–Kier alpha value is -3.02. The van der Waals surface area contributed by atoms with Crippen LogP contribution in [0.25, 0.3) is 6.08 Å². The summed E-state index contributed by atoms with van der Waals surface area (Å²) in [4.78, 5) is 12.4. The molecule has 6 heteroatoms. The smallest absolute Gasteiger partial charge is 0.207 e. The number of ether oxygens (including phenoxy) is 3. The molecule has 0 bridgehead atoms. The lowest BCUT2D eigenvalue weighted by atomic mass is 10.1. The number of rotatable bonds is 6. The normalized spacial score (nSPS) is 10.7. The van der Waals surface area contributed by atoms with Crippen LogP contribution in [0.2, 0.25) is 0 Å². The summed E-state index contributed by atoms with van der Waals surface area (Å²) in [6.07, 6.45) is 2.79. The third-order valence-electron chi connectivity index (χ3n) is 3.37. The molecular weight excluding hydrogens is 315 g/mol. The lowest BCUT2D eigenvalue weighted by Gasteiger charge is -2.15. The predicted molar refractivity (Wildman–Crippen MR) is 87.5 cm³/mol. The van der Waals surface area contributed by atoms with Crippen LogP contribution in [0.15, 0.2) is 36.4 Å². The van der Waals surface area contributed by atoms with Crippen LogP contribution >= 0.6 is 0 Å². The Morgan fingerprint density at radius 3 is 2.21 bits per heavy atom. The third kappa shape index (κ3) is 3.48. The SMILES string of the molecule is COc1cc(C(=O)/C=C/c2ccc(F)cc2)c(O)c(OC)c1OC.